The summed E-state index contributed by atoms with van der Waals surface area (Å²) in [4.78, 5) is 27.2. The molecule has 9 nitrogen and oxygen atoms in total. The summed E-state index contributed by atoms with van der Waals surface area (Å²) >= 11 is 1.63. The van der Waals surface area contributed by atoms with Crippen LogP contribution in [0.5, 0.6) is 0 Å². The Kier molecular flexibility index (Phi) is 6.34. The highest BCUT2D eigenvalue weighted by Crippen LogP contribution is 2.47. The van der Waals surface area contributed by atoms with Gasteiger partial charge >= 0.3 is 6.16 Å². The quantitative estimate of drug-likeness (QED) is 0.576. The number of carbonyl (C=O) groups excluding carboxylic acids is 1. The van der Waals surface area contributed by atoms with Crippen molar-refractivity contribution in [1.29, 1.82) is 0 Å². The van der Waals surface area contributed by atoms with Crippen molar-refractivity contribution >= 4 is 28.4 Å². The average molecular weight is 462 g/mol. The zero-order valence-electron chi connectivity index (χ0n) is 18.1. The number of carboxylic acid groups (broad SMARTS) is 2. The number of hydrogen-bond acceptors (Lipinski definition) is 7. The second-order valence-electron chi connectivity index (χ2n) is 8.63. The van der Waals surface area contributed by atoms with Gasteiger partial charge in [-0.1, -0.05) is 11.2 Å². The number of ether oxygens (including phenoxy) is 1. The van der Waals surface area contributed by atoms with E-state index in [1.54, 1.807) is 18.4 Å². The number of methoxy groups -OCH3 is 1. The van der Waals surface area contributed by atoms with Crippen molar-refractivity contribution in [1.82, 2.24) is 10.1 Å². The molecule has 0 aromatic carbocycles. The van der Waals surface area contributed by atoms with Crippen LogP contribution in [0.25, 0.3) is 11.5 Å². The zero-order chi connectivity index (χ0) is 22.9. The number of hydrogen-bond donors (Lipinski definition) is 3. The number of anilines is 1. The summed E-state index contributed by atoms with van der Waals surface area (Å²) in [6.45, 7) is 2.15. The van der Waals surface area contributed by atoms with Crippen molar-refractivity contribution in [3.63, 3.8) is 0 Å². The van der Waals surface area contributed by atoms with Crippen LogP contribution in [0.3, 0.4) is 0 Å². The smallest absolute Gasteiger partial charge is 0.450 e. The van der Waals surface area contributed by atoms with Crippen molar-refractivity contribution in [3.05, 3.63) is 27.9 Å². The van der Waals surface area contributed by atoms with E-state index >= 15 is 0 Å². The standard InChI is InChI=1S/C21H25N3O3S.CH2O3/c1-21(26-2)10-9-14-15(11-21)28-20(23-18(25)13-5-3-4-6-13)16(14)19-22-17(24-27-19)12-7-8-12;2-1(3)4/h5,12H,3-4,6-11H2,1-2H3,(H,23,25);(H2,2,3,4)/t21-;/m1./s1. The molecule has 0 spiro atoms. The Morgan fingerprint density at radius 1 is 1.31 bits per heavy atom. The Hall–Kier alpha value is -2.72. The first kappa shape index (κ1) is 22.5. The number of nitrogens with one attached hydrogen (secondary N) is 1. The first-order valence-electron chi connectivity index (χ1n) is 10.8. The SMILES string of the molecule is CO[C@]1(C)CCc2c(sc(NC(=O)C3=CCCC3)c2-c2nc(C3CC3)no2)C1.O=C(O)O. The summed E-state index contributed by atoms with van der Waals surface area (Å²) in [6, 6.07) is 0. The highest BCUT2D eigenvalue weighted by atomic mass is 32.1. The lowest BCUT2D eigenvalue weighted by molar-refractivity contribution is -0.112. The summed E-state index contributed by atoms with van der Waals surface area (Å²) in [7, 11) is 1.77. The number of thiophene rings is 1. The molecule has 0 bridgehead atoms. The van der Waals surface area contributed by atoms with E-state index in [0.717, 1.165) is 73.3 Å². The molecule has 10 heteroatoms. The molecule has 1 amide bonds. The highest BCUT2D eigenvalue weighted by molar-refractivity contribution is 7.17. The van der Waals surface area contributed by atoms with Crippen LogP contribution in [0.1, 0.15) is 67.6 Å². The van der Waals surface area contributed by atoms with Gasteiger partial charge in [-0.2, -0.15) is 4.98 Å². The fraction of sp³-hybridized carbons (Fsp3) is 0.545. The Balaban J connectivity index is 0.000000567. The molecule has 1 atom stereocenters. The largest absolute Gasteiger partial charge is 0.503 e. The van der Waals surface area contributed by atoms with Gasteiger partial charge in [0.15, 0.2) is 5.82 Å². The van der Waals surface area contributed by atoms with Crippen LogP contribution in [0.4, 0.5) is 9.80 Å². The molecule has 1 saturated carbocycles. The number of allylic oxidation sites excluding steroid dienone is 1. The van der Waals surface area contributed by atoms with Gasteiger partial charge in [-0.3, -0.25) is 4.79 Å². The van der Waals surface area contributed by atoms with E-state index in [1.165, 1.54) is 10.4 Å². The third kappa shape index (κ3) is 4.86. The van der Waals surface area contributed by atoms with Gasteiger partial charge in [-0.05, 0) is 57.4 Å². The molecule has 0 aliphatic heterocycles. The predicted octanol–water partition coefficient (Wildman–Crippen LogP) is 4.84. The van der Waals surface area contributed by atoms with Crippen molar-refractivity contribution in [2.45, 2.75) is 69.8 Å². The molecule has 2 aromatic rings. The zero-order valence-corrected chi connectivity index (χ0v) is 19.0. The lowest BCUT2D eigenvalue weighted by atomic mass is 9.84. The summed E-state index contributed by atoms with van der Waals surface area (Å²) in [5.41, 5.74) is 2.85. The Morgan fingerprint density at radius 2 is 2.06 bits per heavy atom. The van der Waals surface area contributed by atoms with E-state index in [9.17, 15) is 4.79 Å². The third-order valence-corrected chi connectivity index (χ3v) is 7.33. The van der Waals surface area contributed by atoms with Crippen LogP contribution in [0.15, 0.2) is 16.2 Å². The van der Waals surface area contributed by atoms with Crippen LogP contribution in [-0.4, -0.2) is 45.1 Å². The Labute approximate surface area is 189 Å². The van der Waals surface area contributed by atoms with Crippen molar-refractivity contribution in [2.24, 2.45) is 0 Å². The van der Waals surface area contributed by atoms with Crippen LogP contribution >= 0.6 is 11.3 Å². The molecule has 32 heavy (non-hydrogen) atoms. The van der Waals surface area contributed by atoms with E-state index in [1.807, 2.05) is 6.08 Å². The van der Waals surface area contributed by atoms with Gasteiger partial charge in [0.25, 0.3) is 11.8 Å². The second-order valence-corrected chi connectivity index (χ2v) is 9.73. The molecular formula is C22H27N3O6S. The first-order valence-corrected chi connectivity index (χ1v) is 11.6. The van der Waals surface area contributed by atoms with Crippen LogP contribution in [0.2, 0.25) is 0 Å². The maximum absolute atomic E-state index is 12.8. The normalized spacial score (nSPS) is 21.9. The van der Waals surface area contributed by atoms with Gasteiger partial charge in [0.1, 0.15) is 5.00 Å². The Bertz CT molecular complexity index is 1050. The van der Waals surface area contributed by atoms with E-state index < -0.39 is 6.16 Å². The molecule has 0 unspecified atom stereocenters. The number of nitrogens with zero attached hydrogens (tertiary/aromatic N) is 2. The molecule has 172 valence electrons. The molecule has 1 fully saturated rings. The van der Waals surface area contributed by atoms with Gasteiger partial charge in [-0.15, -0.1) is 11.3 Å². The first-order chi connectivity index (χ1) is 15.3. The van der Waals surface area contributed by atoms with Gasteiger partial charge in [0.2, 0.25) is 0 Å². The molecular weight excluding hydrogens is 434 g/mol. The predicted molar refractivity (Wildman–Crippen MR) is 118 cm³/mol. The maximum Gasteiger partial charge on any atom is 0.503 e. The van der Waals surface area contributed by atoms with Gasteiger partial charge in [0.05, 0.1) is 11.2 Å². The van der Waals surface area contributed by atoms with Crippen molar-refractivity contribution in [2.75, 3.05) is 12.4 Å². The molecule has 3 aliphatic rings. The van der Waals surface area contributed by atoms with Gasteiger partial charge in [0, 0.05) is 29.9 Å². The van der Waals surface area contributed by atoms with Gasteiger partial charge < -0.3 is 24.8 Å². The van der Waals surface area contributed by atoms with E-state index in [0.29, 0.717) is 11.8 Å². The van der Waals surface area contributed by atoms with Crippen molar-refractivity contribution in [3.8, 4) is 11.5 Å². The fourth-order valence-electron chi connectivity index (χ4n) is 4.13. The summed E-state index contributed by atoms with van der Waals surface area (Å²) in [6.07, 6.45) is 8.00. The minimum absolute atomic E-state index is 0.00576. The number of fused-ring (bicyclic) bond motifs is 1. The van der Waals surface area contributed by atoms with E-state index in [2.05, 4.69) is 22.4 Å². The second kappa shape index (κ2) is 9.03. The molecule has 2 heterocycles. The number of carbonyl (C=O) groups is 2. The fourth-order valence-corrected chi connectivity index (χ4v) is 5.54. The lowest BCUT2D eigenvalue weighted by Crippen LogP contribution is -2.33. The van der Waals surface area contributed by atoms with Gasteiger partial charge in [-0.25, -0.2) is 4.79 Å². The van der Waals surface area contributed by atoms with Crippen molar-refractivity contribution < 1.29 is 29.1 Å². The highest BCUT2D eigenvalue weighted by Gasteiger charge is 2.36. The van der Waals surface area contributed by atoms with E-state index in [-0.39, 0.29) is 11.5 Å². The molecule has 3 N–H and O–H groups in total. The minimum atomic E-state index is -1.83. The monoisotopic (exact) mass is 461 g/mol. The molecule has 2 aromatic heterocycles. The number of aromatic nitrogens is 2. The topological polar surface area (TPSA) is 135 Å². The van der Waals surface area contributed by atoms with Crippen LogP contribution < -0.4 is 5.32 Å². The number of rotatable bonds is 5. The Morgan fingerprint density at radius 3 is 2.69 bits per heavy atom. The average Bonchev–Trinajstić information content (AvgIpc) is 3.15. The number of amides is 1. The summed E-state index contributed by atoms with van der Waals surface area (Å²) < 4.78 is 11.4. The van der Waals surface area contributed by atoms with Crippen LogP contribution in [-0.2, 0) is 22.4 Å². The lowest BCUT2D eigenvalue weighted by Gasteiger charge is -2.32. The molecule has 0 saturated heterocycles. The van der Waals surface area contributed by atoms with Crippen LogP contribution in [0, 0.1) is 0 Å². The molecule has 5 rings (SSSR count). The maximum atomic E-state index is 12.8. The summed E-state index contributed by atoms with van der Waals surface area (Å²) in [5.74, 6) is 1.76. The molecule has 0 radical (unpaired) electrons. The summed E-state index contributed by atoms with van der Waals surface area (Å²) in [5, 5.41) is 22.1. The van der Waals surface area contributed by atoms with E-state index in [4.69, 9.17) is 24.3 Å². The third-order valence-electron chi connectivity index (χ3n) is 6.18. The minimum Gasteiger partial charge on any atom is -0.450 e. The molecule has 3 aliphatic carbocycles.